The lowest BCUT2D eigenvalue weighted by Gasteiger charge is -2.35. The maximum atomic E-state index is 6.70. The fourth-order valence-corrected chi connectivity index (χ4v) is 19.5. The minimum atomic E-state index is -0.149. The molecule has 10 heteroatoms. The first-order chi connectivity index (χ1) is 67.9. The van der Waals surface area contributed by atoms with Crippen LogP contribution < -0.4 is 4.74 Å². The van der Waals surface area contributed by atoms with E-state index >= 15 is 0 Å². The molecule has 0 radical (unpaired) electrons. The Morgan fingerprint density at radius 2 is 0.522 bits per heavy atom. The van der Waals surface area contributed by atoms with Gasteiger partial charge in [-0.25, -0.2) is 39.9 Å². The topological polar surface area (TPSA) is 125 Å². The molecule has 0 bridgehead atoms. The third kappa shape index (κ3) is 16.4. The molecule has 0 unspecified atom stereocenters. The third-order valence-corrected chi connectivity index (χ3v) is 26.7. The van der Waals surface area contributed by atoms with Crippen molar-refractivity contribution >= 4 is 32.7 Å². The minimum Gasteiger partial charge on any atom is -0.456 e. The summed E-state index contributed by atoms with van der Waals surface area (Å²) in [6.45, 7) is 9.17. The zero-order valence-corrected chi connectivity index (χ0v) is 76.4. The number of ether oxygens (including phenoxy) is 1. The Hall–Kier alpha value is -17.9. The van der Waals surface area contributed by atoms with Gasteiger partial charge in [0, 0.05) is 93.9 Å². The summed E-state index contributed by atoms with van der Waals surface area (Å²) in [7, 11) is 0. The number of nitrogens with zero attached hydrogens (tertiary/aromatic N) is 8. The lowest BCUT2D eigenvalue weighted by atomic mass is 9.75. The zero-order valence-electron chi connectivity index (χ0n) is 76.4. The Kier molecular flexibility index (Phi) is 22.2. The van der Waals surface area contributed by atoms with E-state index in [2.05, 4.69) is 361 Å². The second-order valence-electron chi connectivity index (χ2n) is 36.0. The van der Waals surface area contributed by atoms with Gasteiger partial charge in [0.15, 0.2) is 40.8 Å². The summed E-state index contributed by atoms with van der Waals surface area (Å²) in [5, 5.41) is 4.81. The largest absolute Gasteiger partial charge is 0.456 e. The number of furan rings is 1. The summed E-state index contributed by atoms with van der Waals surface area (Å²) in [6, 6.07) is 164. The Balaban J connectivity index is 0.000000116. The molecule has 19 aromatic carbocycles. The number of para-hydroxylation sites is 3. The van der Waals surface area contributed by atoms with Crippen LogP contribution in [0.25, 0.3) is 213 Å². The van der Waals surface area contributed by atoms with Crippen LogP contribution in [0, 0.1) is 0 Å². The lowest BCUT2D eigenvalue weighted by Crippen LogP contribution is -2.24. The molecule has 0 fully saturated rings. The standard InChI is InChI=1S/C44H30N2.C42H29N3O.C42H31N3O/c1-3-12-31(13-4-1)32-24-26-35(27-25-32)43-30-42(34-15-5-2-6-16-34)45-44(46-43)39-21-10-19-37(29-39)36-18-9-20-38(28-36)41-23-11-17-33-14-7-8-22-40(33)41;1-42(2)33-22-10-9-19-31(33)36-34(42)23-24-35-37(36)32-21-12-20-30(38(32)46-35)28-17-11-18-29(25-28)41-44-39(26-13-5-3-6-14-26)43-40(45-41)27-15-7-4-8-16-27;1-42(2)35-17-9-10-19-37(35)46-38-34(16-11-18-36(38)42)30-24-20-28(21-25-30)29-22-26-33(27-23-29)41-44-39(31-12-5-3-6-13-31)43-40(45-41)32-14-7-4-8-15-32/h1-30H;3-25H,1-2H3;3-27H,1-2H3. The van der Waals surface area contributed by atoms with Crippen molar-refractivity contribution < 1.29 is 9.15 Å². The molecule has 0 amide bonds. The second-order valence-corrected chi connectivity index (χ2v) is 36.0. The minimum absolute atomic E-state index is 0.0720. The summed E-state index contributed by atoms with van der Waals surface area (Å²) in [6.07, 6.45) is 0. The maximum absolute atomic E-state index is 6.70. The van der Waals surface area contributed by atoms with Gasteiger partial charge in [0.2, 0.25) is 0 Å². The quantitative estimate of drug-likeness (QED) is 0.0979. The van der Waals surface area contributed by atoms with Gasteiger partial charge in [-0.3, -0.25) is 0 Å². The Morgan fingerprint density at radius 1 is 0.196 bits per heavy atom. The van der Waals surface area contributed by atoms with Gasteiger partial charge in [-0.2, -0.15) is 0 Å². The molecule has 0 atom stereocenters. The van der Waals surface area contributed by atoms with Crippen LogP contribution in [-0.2, 0) is 10.8 Å². The first-order valence-electron chi connectivity index (χ1n) is 46.7. The molecular weight excluding hydrogens is 1680 g/mol. The third-order valence-electron chi connectivity index (χ3n) is 26.7. The van der Waals surface area contributed by atoms with Crippen LogP contribution in [0.2, 0.25) is 0 Å². The summed E-state index contributed by atoms with van der Waals surface area (Å²) in [5.74, 6) is 6.44. The van der Waals surface area contributed by atoms with Gasteiger partial charge < -0.3 is 9.15 Å². The van der Waals surface area contributed by atoms with Gasteiger partial charge in [0.25, 0.3) is 0 Å². The molecule has 4 aromatic heterocycles. The molecule has 654 valence electrons. The van der Waals surface area contributed by atoms with E-state index in [-0.39, 0.29) is 10.8 Å². The van der Waals surface area contributed by atoms with Crippen LogP contribution in [-0.4, -0.2) is 39.9 Å². The van der Waals surface area contributed by atoms with Crippen LogP contribution in [0.1, 0.15) is 49.9 Å². The van der Waals surface area contributed by atoms with Crippen LogP contribution in [0.5, 0.6) is 11.5 Å². The van der Waals surface area contributed by atoms with Crippen molar-refractivity contribution in [1.82, 2.24) is 39.9 Å². The SMILES string of the molecule is CC1(C)c2ccccc2-c2c1ccc1oc3c(-c4cccc(-c5nc(-c6ccccc6)nc(-c6ccccc6)n5)c4)cccc3c21.CC1(C)c2ccccc2Oc2c(-c3ccc(-c4ccc(-c5nc(-c6ccccc6)nc(-c6ccccc6)n5)cc4)cc3)cccc21.c1ccc(-c2ccc(-c3cc(-c4ccccc4)nc(-c4cccc(-c5cccc(-c6cccc7ccccc67)c5)c4)n3)cc2)cc1. The molecule has 2 aliphatic rings. The number of benzene rings is 19. The highest BCUT2D eigenvalue weighted by Gasteiger charge is 2.39. The highest BCUT2D eigenvalue weighted by Crippen LogP contribution is 2.55. The second kappa shape index (κ2) is 36.3. The fourth-order valence-electron chi connectivity index (χ4n) is 19.5. The van der Waals surface area contributed by atoms with Gasteiger partial charge in [-0.05, 0) is 125 Å². The molecular formula is C128H90N8O2. The Labute approximate surface area is 801 Å². The number of hydrogen-bond acceptors (Lipinski definition) is 10. The Morgan fingerprint density at radius 3 is 1.08 bits per heavy atom. The fraction of sp³-hybridized carbons (Fsp3) is 0.0469. The van der Waals surface area contributed by atoms with Crippen LogP contribution in [0.15, 0.2) is 478 Å². The first-order valence-corrected chi connectivity index (χ1v) is 46.7. The van der Waals surface area contributed by atoms with Crippen molar-refractivity contribution in [1.29, 1.82) is 0 Å². The van der Waals surface area contributed by atoms with Crippen molar-refractivity contribution in [2.45, 2.75) is 38.5 Å². The van der Waals surface area contributed by atoms with Gasteiger partial charge >= 0.3 is 0 Å². The molecule has 0 spiro atoms. The molecule has 0 N–H and O–H groups in total. The van der Waals surface area contributed by atoms with E-state index in [1.807, 2.05) is 140 Å². The van der Waals surface area contributed by atoms with Crippen molar-refractivity contribution in [3.8, 4) is 192 Å². The Bertz CT molecular complexity index is 8370. The van der Waals surface area contributed by atoms with Crippen LogP contribution >= 0.6 is 0 Å². The van der Waals surface area contributed by atoms with Crippen LogP contribution in [0.3, 0.4) is 0 Å². The molecule has 23 aromatic rings. The number of fused-ring (bicyclic) bond motifs is 10. The van der Waals surface area contributed by atoms with Gasteiger partial charge in [0.05, 0.1) is 11.4 Å². The van der Waals surface area contributed by atoms with E-state index in [9.17, 15) is 0 Å². The van der Waals surface area contributed by atoms with Crippen molar-refractivity contribution in [2.75, 3.05) is 0 Å². The van der Waals surface area contributed by atoms with E-state index in [0.717, 1.165) is 134 Å². The van der Waals surface area contributed by atoms with Gasteiger partial charge in [-0.1, -0.05) is 464 Å². The van der Waals surface area contributed by atoms with Gasteiger partial charge in [-0.15, -0.1) is 0 Å². The predicted octanol–water partition coefficient (Wildman–Crippen LogP) is 33.0. The normalized spacial score (nSPS) is 12.4. The molecule has 1 aliphatic heterocycles. The summed E-state index contributed by atoms with van der Waals surface area (Å²) < 4.78 is 13.2. The molecule has 25 rings (SSSR count). The highest BCUT2D eigenvalue weighted by molar-refractivity contribution is 6.17. The van der Waals surface area contributed by atoms with E-state index in [0.29, 0.717) is 40.8 Å². The molecule has 1 aliphatic carbocycles. The van der Waals surface area contributed by atoms with E-state index in [1.165, 1.54) is 71.8 Å². The first kappa shape index (κ1) is 84.4. The average Bonchev–Trinajstić information content (AvgIpc) is 1.52. The summed E-state index contributed by atoms with van der Waals surface area (Å²) in [5.41, 5.74) is 33.5. The highest BCUT2D eigenvalue weighted by atomic mass is 16.5. The smallest absolute Gasteiger partial charge is 0.164 e. The number of hydrogen-bond donors (Lipinski definition) is 0. The molecule has 5 heterocycles. The average molecular weight is 1770 g/mol. The zero-order chi connectivity index (χ0) is 92.6. The molecule has 10 nitrogen and oxygen atoms in total. The number of rotatable bonds is 15. The molecule has 0 saturated heterocycles. The van der Waals surface area contributed by atoms with E-state index < -0.39 is 0 Å². The van der Waals surface area contributed by atoms with Crippen molar-refractivity contribution in [3.05, 3.63) is 495 Å². The van der Waals surface area contributed by atoms with Crippen LogP contribution in [0.4, 0.5) is 0 Å². The number of aromatic nitrogens is 8. The van der Waals surface area contributed by atoms with Crippen molar-refractivity contribution in [2.24, 2.45) is 0 Å². The van der Waals surface area contributed by atoms with E-state index in [1.54, 1.807) is 0 Å². The summed E-state index contributed by atoms with van der Waals surface area (Å²) in [4.78, 5) is 39.6. The molecule has 0 saturated carbocycles. The van der Waals surface area contributed by atoms with Crippen molar-refractivity contribution in [3.63, 3.8) is 0 Å². The maximum Gasteiger partial charge on any atom is 0.164 e. The predicted molar refractivity (Wildman–Crippen MR) is 564 cm³/mol. The van der Waals surface area contributed by atoms with E-state index in [4.69, 9.17) is 49.0 Å². The molecule has 138 heavy (non-hydrogen) atoms. The van der Waals surface area contributed by atoms with Gasteiger partial charge in [0.1, 0.15) is 22.7 Å². The lowest BCUT2D eigenvalue weighted by molar-refractivity contribution is 0.419. The summed E-state index contributed by atoms with van der Waals surface area (Å²) >= 11 is 0. The monoisotopic (exact) mass is 1770 g/mol.